The van der Waals surface area contributed by atoms with Gasteiger partial charge in [-0.3, -0.25) is 19.2 Å². The van der Waals surface area contributed by atoms with Gasteiger partial charge in [0.1, 0.15) is 49.5 Å². The van der Waals surface area contributed by atoms with Crippen molar-refractivity contribution in [3.8, 4) is 28.2 Å². The van der Waals surface area contributed by atoms with Gasteiger partial charge in [-0.25, -0.2) is 9.37 Å². The van der Waals surface area contributed by atoms with Crippen LogP contribution in [0.3, 0.4) is 0 Å². The lowest BCUT2D eigenvalue weighted by molar-refractivity contribution is -0.120. The molecule has 2 unspecified atom stereocenters. The number of fused-ring (bicyclic) bond motifs is 2. The zero-order valence-corrected chi connectivity index (χ0v) is 38.0. The number of carbonyl (C=O) groups is 5. The Morgan fingerprint density at radius 2 is 1.57 bits per heavy atom. The first kappa shape index (κ1) is 48.5. The van der Waals surface area contributed by atoms with Crippen molar-refractivity contribution in [3.63, 3.8) is 0 Å². The Morgan fingerprint density at radius 1 is 0.836 bits per heavy atom. The van der Waals surface area contributed by atoms with Gasteiger partial charge in [-0.2, -0.15) is 5.11 Å². The van der Waals surface area contributed by atoms with Crippen molar-refractivity contribution in [2.45, 2.75) is 51.2 Å². The molecule has 17 heteroatoms. The molecule has 2 aliphatic rings. The predicted octanol–water partition coefficient (Wildman–Crippen LogP) is 5.78. The monoisotopic (exact) mass is 911 g/mol. The zero-order valence-electron chi connectivity index (χ0n) is 38.0. The minimum Gasteiger partial charge on any atom is -0.489 e. The lowest BCUT2D eigenvalue weighted by Gasteiger charge is -2.19. The molecule has 4 aromatic carbocycles. The van der Waals surface area contributed by atoms with E-state index in [9.17, 15) is 34.2 Å². The van der Waals surface area contributed by atoms with Crippen LogP contribution in [0.1, 0.15) is 69.2 Å². The van der Waals surface area contributed by atoms with Crippen LogP contribution >= 0.6 is 0 Å². The molecule has 0 bridgehead atoms. The van der Waals surface area contributed by atoms with E-state index in [4.69, 9.17) is 20.6 Å². The smallest absolute Gasteiger partial charge is 0.336 e. The van der Waals surface area contributed by atoms with Crippen LogP contribution < -0.4 is 41.7 Å². The van der Waals surface area contributed by atoms with Gasteiger partial charge in [0.2, 0.25) is 17.2 Å². The number of amides is 4. The molecule has 2 atom stereocenters. The molecule has 0 saturated carbocycles. The lowest BCUT2D eigenvalue weighted by Crippen LogP contribution is -2.44. The number of hydrogen-bond acceptors (Lipinski definition) is 11. The van der Waals surface area contributed by atoms with Crippen LogP contribution in [0.15, 0.2) is 112 Å². The Balaban J connectivity index is 1.08. The van der Waals surface area contributed by atoms with E-state index >= 15 is 0 Å². The van der Waals surface area contributed by atoms with Crippen molar-refractivity contribution >= 4 is 57.6 Å². The maximum absolute atomic E-state index is 13.4. The summed E-state index contributed by atoms with van der Waals surface area (Å²) in [5.41, 5.74) is 16.0. The van der Waals surface area contributed by atoms with Crippen molar-refractivity contribution < 1.29 is 43.3 Å². The van der Waals surface area contributed by atoms with Crippen molar-refractivity contribution in [2.75, 3.05) is 46.2 Å². The van der Waals surface area contributed by atoms with Crippen molar-refractivity contribution in [2.24, 2.45) is 21.7 Å². The summed E-state index contributed by atoms with van der Waals surface area (Å²) < 4.78 is 14.1. The number of anilines is 1. The Kier molecular flexibility index (Phi) is 15.8. The van der Waals surface area contributed by atoms with Gasteiger partial charge in [0.15, 0.2) is 0 Å². The maximum Gasteiger partial charge on any atom is 0.336 e. The van der Waals surface area contributed by atoms with Crippen LogP contribution in [-0.4, -0.2) is 93.3 Å². The van der Waals surface area contributed by atoms with Crippen LogP contribution in [0.5, 0.6) is 5.75 Å². The molecule has 0 radical (unpaired) electrons. The molecule has 1 aliphatic heterocycles. The van der Waals surface area contributed by atoms with Crippen LogP contribution in [0, 0.1) is 0 Å². The highest BCUT2D eigenvalue weighted by molar-refractivity contribution is 6.09. The van der Waals surface area contributed by atoms with Gasteiger partial charge >= 0.3 is 5.97 Å². The maximum atomic E-state index is 13.4. The second kappa shape index (κ2) is 21.8. The Bertz CT molecular complexity index is 2890. The van der Waals surface area contributed by atoms with Gasteiger partial charge in [0.25, 0.3) is 11.8 Å². The summed E-state index contributed by atoms with van der Waals surface area (Å²) in [6, 6.07) is 26.2. The Labute approximate surface area is 387 Å². The van der Waals surface area contributed by atoms with Gasteiger partial charge in [-0.05, 0) is 104 Å². The van der Waals surface area contributed by atoms with E-state index in [2.05, 4.69) is 20.9 Å². The number of unbranched alkanes of at least 4 members (excludes halogenated alkanes) is 1. The molecule has 1 heterocycles. The fraction of sp³-hybridized carbons (Fsp3) is 0.280. The molecule has 0 saturated heterocycles. The molecule has 0 aromatic heterocycles. The topological polar surface area (TPSA) is 255 Å². The third-order valence-electron chi connectivity index (χ3n) is 11.1. The van der Waals surface area contributed by atoms with Gasteiger partial charge in [0, 0.05) is 66.1 Å². The summed E-state index contributed by atoms with van der Waals surface area (Å²) in [7, 11) is 7.69. The number of nitrogens with zero attached hydrogens (tertiary/aromatic N) is 4. The third-order valence-corrected chi connectivity index (χ3v) is 11.1. The number of aromatic carboxylic acids is 1. The molecular weight excluding hydrogens is 857 g/mol. The number of nitrogens with one attached hydrogen (secondary N) is 2. The van der Waals surface area contributed by atoms with Crippen LogP contribution in [-0.2, 0) is 16.0 Å². The number of ether oxygens (including phenoxy) is 1. The summed E-state index contributed by atoms with van der Waals surface area (Å²) in [5, 5.41) is 36.1. The van der Waals surface area contributed by atoms with E-state index in [1.54, 1.807) is 42.5 Å². The fourth-order valence-corrected chi connectivity index (χ4v) is 7.27. The van der Waals surface area contributed by atoms with Gasteiger partial charge in [-0.15, -0.1) is 5.11 Å². The second-order valence-corrected chi connectivity index (χ2v) is 16.4. The molecule has 348 valence electrons. The first-order chi connectivity index (χ1) is 32.0. The number of rotatable bonds is 20. The number of aliphatic hydroxyl groups is 1. The summed E-state index contributed by atoms with van der Waals surface area (Å²) in [6.07, 6.45) is 0.854. The summed E-state index contributed by atoms with van der Waals surface area (Å²) in [6.45, 7) is 2.07. The summed E-state index contributed by atoms with van der Waals surface area (Å²) in [5.74, 6) is -2.53. The molecule has 0 fully saturated rings. The average Bonchev–Trinajstić information content (AvgIpc) is 3.30. The second-order valence-electron chi connectivity index (χ2n) is 16.4. The number of aliphatic hydroxyl groups excluding tert-OH is 1. The van der Waals surface area contributed by atoms with E-state index in [1.807, 2.05) is 81.0 Å². The molecule has 17 nitrogen and oxygen atoms in total. The van der Waals surface area contributed by atoms with E-state index < -0.39 is 41.7 Å². The van der Waals surface area contributed by atoms with Crippen molar-refractivity contribution in [1.29, 1.82) is 0 Å². The molecule has 6 rings (SSSR count). The van der Waals surface area contributed by atoms with E-state index in [-0.39, 0.29) is 42.7 Å². The Hall–Kier alpha value is -7.92. The minimum atomic E-state index is -1.20. The lowest BCUT2D eigenvalue weighted by atomic mass is 9.89. The quantitative estimate of drug-likeness (QED) is 0.0233. The summed E-state index contributed by atoms with van der Waals surface area (Å²) in [4.78, 5) is 65.1. The predicted molar refractivity (Wildman–Crippen MR) is 255 cm³/mol. The average molecular weight is 912 g/mol. The molecule has 67 heavy (non-hydrogen) atoms. The number of azo groups is 1. The first-order valence-corrected chi connectivity index (χ1v) is 21.7. The van der Waals surface area contributed by atoms with E-state index in [0.29, 0.717) is 75.4 Å². The normalized spacial score (nSPS) is 12.1. The fourth-order valence-electron chi connectivity index (χ4n) is 7.27. The first-order valence-electron chi connectivity index (χ1n) is 21.7. The number of benzene rings is 5. The zero-order chi connectivity index (χ0) is 48.4. The highest BCUT2D eigenvalue weighted by Crippen LogP contribution is 2.42. The molecule has 8 N–H and O–H groups in total. The number of primary amides is 2. The SMILES string of the molecule is CCC(O)COc1ccc(CC(N)=O)cc1N=Nc1ccc(C(=O)NC(CCCCNC(=O)c2ccc(-c3c4ccc(=[N+](C)C)cc-4oc4cc(N(C)C)ccc34)c(C(=O)O)c2)C(N)=O)cc1. The van der Waals surface area contributed by atoms with Gasteiger partial charge in [0.05, 0.1) is 29.8 Å². The van der Waals surface area contributed by atoms with Crippen LogP contribution in [0.2, 0.25) is 0 Å². The summed E-state index contributed by atoms with van der Waals surface area (Å²) >= 11 is 0. The highest BCUT2D eigenvalue weighted by atomic mass is 16.5. The highest BCUT2D eigenvalue weighted by Gasteiger charge is 2.24. The number of carboxylic acid groups (broad SMARTS) is 1. The molecule has 4 amide bonds. The van der Waals surface area contributed by atoms with Crippen LogP contribution in [0.4, 0.5) is 17.1 Å². The molecule has 1 aliphatic carbocycles. The number of hydrogen-bond donors (Lipinski definition) is 6. The number of carboxylic acids is 1. The number of nitrogens with two attached hydrogens (primary N) is 2. The number of carbonyl (C=O) groups excluding carboxylic acids is 4. The van der Waals surface area contributed by atoms with Crippen molar-refractivity contribution in [3.05, 3.63) is 125 Å². The third kappa shape index (κ3) is 12.3. The largest absolute Gasteiger partial charge is 0.489 e. The molecule has 4 aromatic rings. The van der Waals surface area contributed by atoms with Crippen molar-refractivity contribution in [1.82, 2.24) is 15.2 Å². The van der Waals surface area contributed by atoms with E-state index in [0.717, 1.165) is 11.0 Å². The van der Waals surface area contributed by atoms with E-state index in [1.165, 1.54) is 18.2 Å². The minimum absolute atomic E-state index is 0.0133. The standard InChI is InChI=1S/C50H54N8O9/c1-6-35(59)28-66-42-21-10-29(24-45(51)60)23-41(42)56-55-32-14-11-30(12-15-32)49(63)54-40(47(52)61)9-7-8-22-53-48(62)31-13-18-36(39(25-31)50(64)65)46-37-19-16-33(57(2)3)26-43(37)67-44-27-34(58(4)5)17-20-38(44)46/h10-21,23,25-27,35,40,59H,6-9,22,24,28H2,1-5H3,(H6-,51,52,53,54,60,61,62,63,64,65)/p+1. The molecule has 0 spiro atoms. The Morgan fingerprint density at radius 3 is 2.24 bits per heavy atom. The molecular formula is C50H55N8O9+. The van der Waals surface area contributed by atoms with Gasteiger partial charge in [-0.1, -0.05) is 19.1 Å². The van der Waals surface area contributed by atoms with Crippen LogP contribution in [0.25, 0.3) is 33.4 Å². The van der Waals surface area contributed by atoms with Gasteiger partial charge < -0.3 is 46.4 Å².